The molecule has 0 bridgehead atoms. The summed E-state index contributed by atoms with van der Waals surface area (Å²) in [5.41, 5.74) is 1.56. The van der Waals surface area contributed by atoms with Gasteiger partial charge in [0.1, 0.15) is 5.69 Å². The summed E-state index contributed by atoms with van der Waals surface area (Å²) in [6.07, 6.45) is 1.83. The highest BCUT2D eigenvalue weighted by Gasteiger charge is 2.21. The van der Waals surface area contributed by atoms with E-state index in [0.717, 1.165) is 11.9 Å². The molecule has 1 aromatic carbocycles. The Bertz CT molecular complexity index is 861. The van der Waals surface area contributed by atoms with E-state index >= 15 is 0 Å². The minimum Gasteiger partial charge on any atom is -0.341 e. The third kappa shape index (κ3) is 4.09. The molecular weight excluding hydrogens is 332 g/mol. The highest BCUT2D eigenvalue weighted by atomic mass is 16.2. The van der Waals surface area contributed by atoms with Crippen LogP contribution in [0.3, 0.4) is 0 Å². The number of aryl methyl sites for hydroxylation is 1. The molecule has 0 spiro atoms. The van der Waals surface area contributed by atoms with Crippen molar-refractivity contribution in [1.29, 1.82) is 0 Å². The zero-order valence-corrected chi connectivity index (χ0v) is 15.0. The number of aromatic amines is 1. The van der Waals surface area contributed by atoms with Crippen molar-refractivity contribution in [3.05, 3.63) is 40.3 Å². The standard InChI is InChI=1S/C19H24N4O3/c1-2-17(24)22-10-5-11-23(13-12-22)18(25)9-8-16-19(26)21-15-7-4-3-6-14(15)20-16/h3-4,6-7H,2,5,8-13H2,1H3,(H,21,26). The van der Waals surface area contributed by atoms with Gasteiger partial charge in [-0.15, -0.1) is 0 Å². The van der Waals surface area contributed by atoms with Crippen LogP contribution in [0.2, 0.25) is 0 Å². The van der Waals surface area contributed by atoms with Crippen LogP contribution in [0, 0.1) is 0 Å². The van der Waals surface area contributed by atoms with E-state index in [1.807, 2.05) is 30.0 Å². The van der Waals surface area contributed by atoms with Crippen molar-refractivity contribution in [3.8, 4) is 0 Å². The van der Waals surface area contributed by atoms with E-state index in [-0.39, 0.29) is 23.8 Å². The Balaban J connectivity index is 1.61. The number of carbonyl (C=O) groups excluding carboxylic acids is 2. The molecule has 1 aliphatic rings. The molecule has 1 aliphatic heterocycles. The predicted molar refractivity (Wildman–Crippen MR) is 98.8 cm³/mol. The van der Waals surface area contributed by atoms with Crippen LogP contribution in [0.4, 0.5) is 0 Å². The Morgan fingerprint density at radius 3 is 2.50 bits per heavy atom. The summed E-state index contributed by atoms with van der Waals surface area (Å²) in [5, 5.41) is 0. The molecule has 1 aromatic heterocycles. The van der Waals surface area contributed by atoms with Crippen molar-refractivity contribution in [1.82, 2.24) is 19.8 Å². The van der Waals surface area contributed by atoms with Crippen LogP contribution < -0.4 is 5.56 Å². The number of amides is 2. The predicted octanol–water partition coefficient (Wildman–Crippen LogP) is 1.33. The van der Waals surface area contributed by atoms with Gasteiger partial charge >= 0.3 is 0 Å². The number of fused-ring (bicyclic) bond motifs is 1. The number of nitrogens with one attached hydrogen (secondary N) is 1. The average Bonchev–Trinajstić information content (AvgIpc) is 2.91. The number of carbonyl (C=O) groups is 2. The molecule has 0 atom stereocenters. The molecule has 7 nitrogen and oxygen atoms in total. The van der Waals surface area contributed by atoms with Gasteiger partial charge in [0, 0.05) is 45.4 Å². The lowest BCUT2D eigenvalue weighted by Gasteiger charge is -2.22. The number of aromatic nitrogens is 2. The largest absolute Gasteiger partial charge is 0.341 e. The highest BCUT2D eigenvalue weighted by Crippen LogP contribution is 2.09. The van der Waals surface area contributed by atoms with Gasteiger partial charge in [-0.25, -0.2) is 4.98 Å². The number of rotatable bonds is 4. The van der Waals surface area contributed by atoms with Crippen LogP contribution in [-0.2, 0) is 16.0 Å². The van der Waals surface area contributed by atoms with Crippen LogP contribution >= 0.6 is 0 Å². The molecule has 0 unspecified atom stereocenters. The van der Waals surface area contributed by atoms with Crippen molar-refractivity contribution in [2.45, 2.75) is 32.6 Å². The van der Waals surface area contributed by atoms with Gasteiger partial charge in [0.15, 0.2) is 0 Å². The maximum absolute atomic E-state index is 12.5. The minimum atomic E-state index is -0.243. The molecule has 3 rings (SSSR count). The van der Waals surface area contributed by atoms with Gasteiger partial charge in [-0.05, 0) is 18.6 Å². The van der Waals surface area contributed by atoms with Crippen molar-refractivity contribution in [2.24, 2.45) is 0 Å². The summed E-state index contributed by atoms with van der Waals surface area (Å²) in [5.74, 6) is 0.136. The summed E-state index contributed by atoms with van der Waals surface area (Å²) in [6, 6.07) is 7.35. The zero-order chi connectivity index (χ0) is 18.5. The monoisotopic (exact) mass is 356 g/mol. The molecular formula is C19H24N4O3. The third-order valence-electron chi connectivity index (χ3n) is 4.75. The van der Waals surface area contributed by atoms with Crippen LogP contribution in [-0.4, -0.2) is 57.8 Å². The topological polar surface area (TPSA) is 86.4 Å². The van der Waals surface area contributed by atoms with Gasteiger partial charge in [0.2, 0.25) is 11.8 Å². The normalized spacial score (nSPS) is 15.1. The Morgan fingerprint density at radius 1 is 1.08 bits per heavy atom. The molecule has 2 heterocycles. The number of H-pyrrole nitrogens is 1. The van der Waals surface area contributed by atoms with Crippen LogP contribution in [0.5, 0.6) is 0 Å². The SMILES string of the molecule is CCC(=O)N1CCCN(C(=O)CCc2nc3ccccc3[nH]c2=O)CC1. The quantitative estimate of drug-likeness (QED) is 0.895. The third-order valence-corrected chi connectivity index (χ3v) is 4.75. The highest BCUT2D eigenvalue weighted by molar-refractivity contribution is 5.78. The number of hydrogen-bond acceptors (Lipinski definition) is 4. The van der Waals surface area contributed by atoms with E-state index in [1.54, 1.807) is 11.0 Å². The minimum absolute atomic E-state index is 0.00477. The molecule has 2 aromatic rings. The summed E-state index contributed by atoms with van der Waals surface area (Å²) >= 11 is 0. The molecule has 1 saturated heterocycles. The van der Waals surface area contributed by atoms with Gasteiger partial charge < -0.3 is 14.8 Å². The van der Waals surface area contributed by atoms with Crippen LogP contribution in [0.15, 0.2) is 29.1 Å². The summed E-state index contributed by atoms with van der Waals surface area (Å²) in [4.78, 5) is 47.3. The van der Waals surface area contributed by atoms with E-state index in [4.69, 9.17) is 0 Å². The first-order valence-electron chi connectivity index (χ1n) is 9.12. The average molecular weight is 356 g/mol. The Labute approximate surface area is 152 Å². The van der Waals surface area contributed by atoms with E-state index in [0.29, 0.717) is 50.2 Å². The number of para-hydroxylation sites is 2. The lowest BCUT2D eigenvalue weighted by molar-refractivity contribution is -0.133. The second-order valence-electron chi connectivity index (χ2n) is 6.50. The molecule has 26 heavy (non-hydrogen) atoms. The van der Waals surface area contributed by atoms with E-state index < -0.39 is 0 Å². The second-order valence-corrected chi connectivity index (χ2v) is 6.50. The molecule has 138 valence electrons. The van der Waals surface area contributed by atoms with Gasteiger partial charge in [-0.3, -0.25) is 14.4 Å². The molecule has 1 fully saturated rings. The van der Waals surface area contributed by atoms with Gasteiger partial charge in [-0.1, -0.05) is 19.1 Å². The Morgan fingerprint density at radius 2 is 1.77 bits per heavy atom. The molecule has 7 heteroatoms. The first-order valence-corrected chi connectivity index (χ1v) is 9.12. The van der Waals surface area contributed by atoms with Crippen molar-refractivity contribution >= 4 is 22.8 Å². The van der Waals surface area contributed by atoms with E-state index in [9.17, 15) is 14.4 Å². The fourth-order valence-electron chi connectivity index (χ4n) is 3.26. The first-order chi connectivity index (χ1) is 12.6. The van der Waals surface area contributed by atoms with Crippen molar-refractivity contribution in [2.75, 3.05) is 26.2 Å². The molecule has 0 saturated carbocycles. The fraction of sp³-hybridized carbons (Fsp3) is 0.474. The van der Waals surface area contributed by atoms with Gasteiger partial charge in [0.25, 0.3) is 5.56 Å². The van der Waals surface area contributed by atoms with Gasteiger partial charge in [-0.2, -0.15) is 0 Å². The summed E-state index contributed by atoms with van der Waals surface area (Å²) in [7, 11) is 0. The summed E-state index contributed by atoms with van der Waals surface area (Å²) < 4.78 is 0. The number of nitrogens with zero attached hydrogens (tertiary/aromatic N) is 3. The van der Waals surface area contributed by atoms with E-state index in [1.165, 1.54) is 0 Å². The fourth-order valence-corrected chi connectivity index (χ4v) is 3.26. The second kappa shape index (κ2) is 8.12. The lowest BCUT2D eigenvalue weighted by atomic mass is 10.2. The number of hydrogen-bond donors (Lipinski definition) is 1. The van der Waals surface area contributed by atoms with E-state index in [2.05, 4.69) is 9.97 Å². The van der Waals surface area contributed by atoms with Gasteiger partial charge in [0.05, 0.1) is 11.0 Å². The molecule has 2 amide bonds. The van der Waals surface area contributed by atoms with Crippen molar-refractivity contribution in [3.63, 3.8) is 0 Å². The maximum atomic E-state index is 12.5. The Hall–Kier alpha value is -2.70. The molecule has 0 radical (unpaired) electrons. The Kier molecular flexibility index (Phi) is 5.65. The van der Waals surface area contributed by atoms with Crippen LogP contribution in [0.25, 0.3) is 11.0 Å². The van der Waals surface area contributed by atoms with Crippen LogP contribution in [0.1, 0.15) is 31.9 Å². The first kappa shape index (κ1) is 18.1. The maximum Gasteiger partial charge on any atom is 0.270 e. The lowest BCUT2D eigenvalue weighted by Crippen LogP contribution is -2.37. The smallest absolute Gasteiger partial charge is 0.270 e. The molecule has 0 aliphatic carbocycles. The zero-order valence-electron chi connectivity index (χ0n) is 15.0. The molecule has 1 N–H and O–H groups in total. The van der Waals surface area contributed by atoms with Crippen molar-refractivity contribution < 1.29 is 9.59 Å². The number of benzene rings is 1. The summed E-state index contributed by atoms with van der Waals surface area (Å²) in [6.45, 7) is 4.32.